The van der Waals surface area contributed by atoms with E-state index in [2.05, 4.69) is 15.4 Å². The average Bonchev–Trinajstić information content (AvgIpc) is 3.05. The van der Waals surface area contributed by atoms with Crippen LogP contribution < -0.4 is 0 Å². The Kier molecular flexibility index (Phi) is 2.66. The predicted octanol–water partition coefficient (Wildman–Crippen LogP) is 0.647. The maximum absolute atomic E-state index is 12.3. The third kappa shape index (κ3) is 1.92. The van der Waals surface area contributed by atoms with E-state index in [4.69, 9.17) is 5.11 Å². The largest absolute Gasteiger partial charge is 0.480 e. The van der Waals surface area contributed by atoms with Gasteiger partial charge in [-0.3, -0.25) is 4.79 Å². The zero-order chi connectivity index (χ0) is 13.4. The summed E-state index contributed by atoms with van der Waals surface area (Å²) in [5.41, 5.74) is 1.71. The molecule has 0 bridgehead atoms. The number of benzene rings is 1. The number of aromatic nitrogens is 3. The lowest BCUT2D eigenvalue weighted by Crippen LogP contribution is -2.40. The number of hydrogen-bond donors (Lipinski definition) is 2. The SMILES string of the molecule is O=C(O)C1CCCN1C(=O)c1ccc2n[nH]nc2c1. The number of aliphatic carboxylic acids is 1. The van der Waals surface area contributed by atoms with Crippen LogP contribution in [0.4, 0.5) is 0 Å². The Bertz CT molecular complexity index is 651. The summed E-state index contributed by atoms with van der Waals surface area (Å²) in [5.74, 6) is -1.22. The number of hydrogen-bond acceptors (Lipinski definition) is 4. The Labute approximate surface area is 108 Å². The average molecular weight is 260 g/mol. The van der Waals surface area contributed by atoms with E-state index in [9.17, 15) is 9.59 Å². The second-order valence-corrected chi connectivity index (χ2v) is 4.52. The van der Waals surface area contributed by atoms with Gasteiger partial charge in [-0.1, -0.05) is 0 Å². The molecule has 1 saturated heterocycles. The van der Waals surface area contributed by atoms with Crippen molar-refractivity contribution in [3.05, 3.63) is 23.8 Å². The molecule has 3 rings (SSSR count). The molecule has 1 aliphatic heterocycles. The van der Waals surface area contributed by atoms with Crippen LogP contribution >= 0.6 is 0 Å². The molecule has 1 fully saturated rings. The van der Waals surface area contributed by atoms with Gasteiger partial charge >= 0.3 is 5.97 Å². The summed E-state index contributed by atoms with van der Waals surface area (Å²) in [5, 5.41) is 19.4. The number of fused-ring (bicyclic) bond motifs is 1. The van der Waals surface area contributed by atoms with E-state index in [-0.39, 0.29) is 5.91 Å². The van der Waals surface area contributed by atoms with Crippen molar-refractivity contribution in [2.45, 2.75) is 18.9 Å². The minimum Gasteiger partial charge on any atom is -0.480 e. The molecule has 7 heteroatoms. The maximum atomic E-state index is 12.3. The smallest absolute Gasteiger partial charge is 0.326 e. The van der Waals surface area contributed by atoms with Crippen molar-refractivity contribution < 1.29 is 14.7 Å². The Morgan fingerprint density at radius 2 is 2.11 bits per heavy atom. The molecule has 0 radical (unpaired) electrons. The van der Waals surface area contributed by atoms with E-state index >= 15 is 0 Å². The van der Waals surface area contributed by atoms with E-state index in [1.807, 2.05) is 0 Å². The number of aromatic amines is 1. The van der Waals surface area contributed by atoms with Crippen molar-refractivity contribution in [1.29, 1.82) is 0 Å². The van der Waals surface area contributed by atoms with E-state index in [0.29, 0.717) is 29.6 Å². The van der Waals surface area contributed by atoms with Crippen molar-refractivity contribution in [3.63, 3.8) is 0 Å². The van der Waals surface area contributed by atoms with Crippen LogP contribution in [0.3, 0.4) is 0 Å². The molecule has 2 aromatic rings. The van der Waals surface area contributed by atoms with Crippen LogP contribution in [0, 0.1) is 0 Å². The third-order valence-corrected chi connectivity index (χ3v) is 3.36. The molecule has 0 aliphatic carbocycles. The molecule has 1 atom stereocenters. The summed E-state index contributed by atoms with van der Waals surface area (Å²) in [7, 11) is 0. The summed E-state index contributed by atoms with van der Waals surface area (Å²) in [6.45, 7) is 0.479. The van der Waals surface area contributed by atoms with Crippen LogP contribution in [0.25, 0.3) is 11.0 Å². The molecular weight excluding hydrogens is 248 g/mol. The third-order valence-electron chi connectivity index (χ3n) is 3.36. The van der Waals surface area contributed by atoms with Gasteiger partial charge in [0.2, 0.25) is 0 Å². The molecule has 1 aromatic heterocycles. The molecule has 2 heterocycles. The summed E-state index contributed by atoms with van der Waals surface area (Å²) in [4.78, 5) is 24.8. The first-order valence-corrected chi connectivity index (χ1v) is 6.01. The molecule has 0 spiro atoms. The van der Waals surface area contributed by atoms with Crippen molar-refractivity contribution in [3.8, 4) is 0 Å². The molecule has 1 amide bonds. The summed E-state index contributed by atoms with van der Waals surface area (Å²) >= 11 is 0. The quantitative estimate of drug-likeness (QED) is 0.825. The van der Waals surface area contributed by atoms with Gasteiger partial charge in [-0.15, -0.1) is 0 Å². The first-order valence-electron chi connectivity index (χ1n) is 6.01. The Morgan fingerprint density at radius 1 is 1.32 bits per heavy atom. The highest BCUT2D eigenvalue weighted by Gasteiger charge is 2.34. The van der Waals surface area contributed by atoms with Gasteiger partial charge in [-0.05, 0) is 31.0 Å². The Balaban J connectivity index is 1.92. The lowest BCUT2D eigenvalue weighted by Gasteiger charge is -2.21. The lowest BCUT2D eigenvalue weighted by atomic mass is 10.1. The number of nitrogens with one attached hydrogen (secondary N) is 1. The summed E-state index contributed by atoms with van der Waals surface area (Å²) in [6.07, 6.45) is 1.22. The van der Waals surface area contributed by atoms with Crippen LogP contribution in [0.5, 0.6) is 0 Å². The van der Waals surface area contributed by atoms with E-state index in [1.54, 1.807) is 18.2 Å². The number of H-pyrrole nitrogens is 1. The number of nitrogens with zero attached hydrogens (tertiary/aromatic N) is 3. The lowest BCUT2D eigenvalue weighted by molar-refractivity contribution is -0.141. The Morgan fingerprint density at radius 3 is 2.89 bits per heavy atom. The van der Waals surface area contributed by atoms with Gasteiger partial charge < -0.3 is 10.0 Å². The van der Waals surface area contributed by atoms with Gasteiger partial charge in [0, 0.05) is 12.1 Å². The number of likely N-dealkylation sites (tertiary alicyclic amines) is 1. The van der Waals surface area contributed by atoms with Crippen LogP contribution in [0.2, 0.25) is 0 Å². The van der Waals surface area contributed by atoms with Crippen molar-refractivity contribution in [2.24, 2.45) is 0 Å². The van der Waals surface area contributed by atoms with Gasteiger partial charge in [0.25, 0.3) is 5.91 Å². The zero-order valence-corrected chi connectivity index (χ0v) is 10.0. The maximum Gasteiger partial charge on any atom is 0.326 e. The number of carboxylic acid groups (broad SMARTS) is 1. The fourth-order valence-corrected chi connectivity index (χ4v) is 2.41. The van der Waals surface area contributed by atoms with E-state index in [0.717, 1.165) is 6.42 Å². The van der Waals surface area contributed by atoms with Gasteiger partial charge in [0.1, 0.15) is 17.1 Å². The second-order valence-electron chi connectivity index (χ2n) is 4.52. The molecule has 1 aromatic carbocycles. The predicted molar refractivity (Wildman–Crippen MR) is 65.6 cm³/mol. The topological polar surface area (TPSA) is 99.2 Å². The van der Waals surface area contributed by atoms with Gasteiger partial charge in [0.15, 0.2) is 0 Å². The number of rotatable bonds is 2. The van der Waals surface area contributed by atoms with E-state index < -0.39 is 12.0 Å². The monoisotopic (exact) mass is 260 g/mol. The van der Waals surface area contributed by atoms with Crippen LogP contribution in [-0.2, 0) is 4.79 Å². The highest BCUT2D eigenvalue weighted by molar-refractivity contribution is 5.99. The highest BCUT2D eigenvalue weighted by atomic mass is 16.4. The first-order chi connectivity index (χ1) is 9.16. The van der Waals surface area contributed by atoms with Crippen LogP contribution in [-0.4, -0.2) is 49.9 Å². The molecular formula is C12H12N4O3. The number of carboxylic acids is 1. The summed E-state index contributed by atoms with van der Waals surface area (Å²) < 4.78 is 0. The molecule has 1 unspecified atom stereocenters. The summed E-state index contributed by atoms with van der Waals surface area (Å²) in [6, 6.07) is 4.24. The molecule has 2 N–H and O–H groups in total. The molecule has 0 saturated carbocycles. The minimum absolute atomic E-state index is 0.269. The molecule has 19 heavy (non-hydrogen) atoms. The fourth-order valence-electron chi connectivity index (χ4n) is 2.41. The molecule has 98 valence electrons. The van der Waals surface area contributed by atoms with Crippen LogP contribution in [0.15, 0.2) is 18.2 Å². The standard InChI is InChI=1S/C12H12N4O3/c17-11(16-5-1-2-10(16)12(18)19)7-3-4-8-9(6-7)14-15-13-8/h3-4,6,10H,1-2,5H2,(H,18,19)(H,13,14,15). The second kappa shape index (κ2) is 4.34. The zero-order valence-electron chi connectivity index (χ0n) is 10.0. The number of amides is 1. The van der Waals surface area contributed by atoms with Crippen LogP contribution in [0.1, 0.15) is 23.2 Å². The Hall–Kier alpha value is -2.44. The van der Waals surface area contributed by atoms with E-state index in [1.165, 1.54) is 4.90 Å². The number of carbonyl (C=O) groups excluding carboxylic acids is 1. The first kappa shape index (κ1) is 11.6. The van der Waals surface area contributed by atoms with Crippen molar-refractivity contribution >= 4 is 22.9 Å². The number of carbonyl (C=O) groups is 2. The van der Waals surface area contributed by atoms with Gasteiger partial charge in [-0.25, -0.2) is 4.79 Å². The normalized spacial score (nSPS) is 18.9. The van der Waals surface area contributed by atoms with Gasteiger partial charge in [-0.2, -0.15) is 15.4 Å². The highest BCUT2D eigenvalue weighted by Crippen LogP contribution is 2.21. The molecule has 1 aliphatic rings. The van der Waals surface area contributed by atoms with Crippen molar-refractivity contribution in [1.82, 2.24) is 20.3 Å². The fraction of sp³-hybridized carbons (Fsp3) is 0.333. The minimum atomic E-state index is -0.951. The molecule has 7 nitrogen and oxygen atoms in total. The van der Waals surface area contributed by atoms with Crippen molar-refractivity contribution in [2.75, 3.05) is 6.54 Å². The van der Waals surface area contributed by atoms with Gasteiger partial charge in [0.05, 0.1) is 0 Å².